The summed E-state index contributed by atoms with van der Waals surface area (Å²) >= 11 is 0. The van der Waals surface area contributed by atoms with E-state index in [0.717, 1.165) is 9.80 Å². The van der Waals surface area contributed by atoms with E-state index in [2.05, 4.69) is 0 Å². The molecule has 0 unspecified atom stereocenters. The van der Waals surface area contributed by atoms with Crippen LogP contribution in [0.15, 0.2) is 24.3 Å². The van der Waals surface area contributed by atoms with Gasteiger partial charge < -0.3 is 25.2 Å². The molecule has 12 nitrogen and oxygen atoms in total. The third-order valence-electron chi connectivity index (χ3n) is 3.50. The lowest BCUT2D eigenvalue weighted by Crippen LogP contribution is -2.44. The molecule has 0 saturated heterocycles. The third kappa shape index (κ3) is 9.30. The Hall–Kier alpha value is -3.51. The maximum absolute atomic E-state index is 12.1. The second-order valence-corrected chi connectivity index (χ2v) is 5.88. The Kier molecular flexibility index (Phi) is 9.22. The summed E-state index contributed by atoms with van der Waals surface area (Å²) in [4.78, 5) is 58.1. The lowest BCUT2D eigenvalue weighted by Gasteiger charge is -2.24. The minimum absolute atomic E-state index is 0.134. The van der Waals surface area contributed by atoms with Gasteiger partial charge in [0, 0.05) is 13.1 Å². The average Bonchev–Trinajstić information content (AvgIpc) is 2.58. The molecule has 12 heteroatoms. The summed E-state index contributed by atoms with van der Waals surface area (Å²) in [5.41, 5.74) is -0.250. The van der Waals surface area contributed by atoms with Crippen molar-refractivity contribution in [3.63, 3.8) is 0 Å². The maximum atomic E-state index is 12.1. The highest BCUT2D eigenvalue weighted by Crippen LogP contribution is 2.18. The minimum Gasteiger partial charge on any atom is -0.480 e. The van der Waals surface area contributed by atoms with Gasteiger partial charge in [0.1, 0.15) is 11.3 Å². The van der Waals surface area contributed by atoms with E-state index in [-0.39, 0.29) is 24.4 Å². The predicted octanol–water partition coefficient (Wildman–Crippen LogP) is -0.852. The Morgan fingerprint density at radius 1 is 0.724 bits per heavy atom. The molecule has 0 amide bonds. The molecule has 29 heavy (non-hydrogen) atoms. The first-order valence-corrected chi connectivity index (χ1v) is 8.21. The van der Waals surface area contributed by atoms with E-state index in [0.29, 0.717) is 0 Å². The summed E-state index contributed by atoms with van der Waals surface area (Å²) < 4.78 is 5.00. The van der Waals surface area contributed by atoms with E-state index >= 15 is 0 Å². The molecule has 1 aromatic rings. The van der Waals surface area contributed by atoms with E-state index in [1.165, 1.54) is 24.3 Å². The number of carbonyl (C=O) groups is 5. The second-order valence-electron chi connectivity index (χ2n) is 5.88. The van der Waals surface area contributed by atoms with E-state index in [4.69, 9.17) is 25.2 Å². The number of nitrogens with zero attached hydrogens (tertiary/aromatic N) is 2. The SMILES string of the molecule is O=C(O)CN(CCN(CC(=O)O)CC(=O)Oc1ccccc1C(=O)O)CC(=O)O. The Morgan fingerprint density at radius 3 is 1.62 bits per heavy atom. The fraction of sp³-hybridized carbons (Fsp3) is 0.353. The number of carbonyl (C=O) groups excluding carboxylic acids is 1. The quantitative estimate of drug-likeness (QED) is 0.233. The molecule has 0 aliphatic carbocycles. The summed E-state index contributed by atoms with van der Waals surface area (Å²) in [5, 5.41) is 35.7. The van der Waals surface area contributed by atoms with Crippen LogP contribution in [0.1, 0.15) is 10.4 Å². The first-order valence-electron chi connectivity index (χ1n) is 8.21. The van der Waals surface area contributed by atoms with Crippen LogP contribution < -0.4 is 4.74 Å². The molecule has 0 heterocycles. The molecular formula is C17H20N2O10. The number of ether oxygens (including phenoxy) is 1. The van der Waals surface area contributed by atoms with Gasteiger partial charge in [-0.15, -0.1) is 0 Å². The second kappa shape index (κ2) is 11.4. The van der Waals surface area contributed by atoms with E-state index < -0.39 is 56.0 Å². The van der Waals surface area contributed by atoms with Gasteiger partial charge in [0.05, 0.1) is 26.2 Å². The predicted molar refractivity (Wildman–Crippen MR) is 94.8 cm³/mol. The molecular weight excluding hydrogens is 392 g/mol. The first-order chi connectivity index (χ1) is 13.6. The van der Waals surface area contributed by atoms with Crippen molar-refractivity contribution in [3.05, 3.63) is 29.8 Å². The molecule has 0 radical (unpaired) electrons. The Labute approximate surface area is 164 Å². The number of esters is 1. The average molecular weight is 412 g/mol. The summed E-state index contributed by atoms with van der Waals surface area (Å²) in [5.74, 6) is -6.25. The molecule has 0 aliphatic rings. The largest absolute Gasteiger partial charge is 0.480 e. The molecule has 0 aromatic heterocycles. The fourth-order valence-corrected chi connectivity index (χ4v) is 2.35. The van der Waals surface area contributed by atoms with Gasteiger partial charge in [-0.3, -0.25) is 29.0 Å². The lowest BCUT2D eigenvalue weighted by atomic mass is 10.2. The van der Waals surface area contributed by atoms with Crippen molar-refractivity contribution in [3.8, 4) is 5.75 Å². The number of carboxylic acid groups (broad SMARTS) is 4. The normalized spacial score (nSPS) is 10.7. The van der Waals surface area contributed by atoms with Crippen molar-refractivity contribution in [2.24, 2.45) is 0 Å². The van der Waals surface area contributed by atoms with Gasteiger partial charge in [-0.2, -0.15) is 0 Å². The Morgan fingerprint density at radius 2 is 1.17 bits per heavy atom. The van der Waals surface area contributed by atoms with Crippen LogP contribution in [0.5, 0.6) is 5.75 Å². The zero-order valence-corrected chi connectivity index (χ0v) is 15.2. The monoisotopic (exact) mass is 412 g/mol. The van der Waals surface area contributed by atoms with Crippen LogP contribution in [-0.2, 0) is 19.2 Å². The van der Waals surface area contributed by atoms with E-state index in [1.807, 2.05) is 0 Å². The summed E-state index contributed by atoms with van der Waals surface area (Å²) in [6.45, 7) is -2.56. The smallest absolute Gasteiger partial charge is 0.339 e. The number of aliphatic carboxylic acids is 3. The van der Waals surface area contributed by atoms with Crippen molar-refractivity contribution in [2.75, 3.05) is 39.3 Å². The van der Waals surface area contributed by atoms with Crippen LogP contribution in [0, 0.1) is 0 Å². The highest BCUT2D eigenvalue weighted by Gasteiger charge is 2.20. The number of rotatable bonds is 13. The topological polar surface area (TPSA) is 182 Å². The molecule has 158 valence electrons. The number of aromatic carboxylic acids is 1. The molecule has 0 aliphatic heterocycles. The summed E-state index contributed by atoms with van der Waals surface area (Å²) in [7, 11) is 0. The van der Waals surface area contributed by atoms with Crippen molar-refractivity contribution < 1.29 is 49.1 Å². The summed E-state index contributed by atoms with van der Waals surface area (Å²) in [6.07, 6.45) is 0. The van der Waals surface area contributed by atoms with Gasteiger partial charge in [0.2, 0.25) is 0 Å². The van der Waals surface area contributed by atoms with Crippen molar-refractivity contribution >= 4 is 29.8 Å². The molecule has 0 atom stereocenters. The third-order valence-corrected chi connectivity index (χ3v) is 3.50. The van der Waals surface area contributed by atoms with Gasteiger partial charge in [0.15, 0.2) is 0 Å². The van der Waals surface area contributed by atoms with Gasteiger partial charge in [-0.1, -0.05) is 12.1 Å². The molecule has 1 rings (SSSR count). The number of para-hydroxylation sites is 1. The molecule has 0 fully saturated rings. The standard InChI is InChI=1S/C17H20N2O10/c20-13(21)7-18(8-14(22)23)5-6-19(9-15(24)25)10-16(26)29-12-4-2-1-3-11(12)17(27)28/h1-4H,5-10H2,(H,20,21)(H,22,23)(H,24,25)(H,27,28). The van der Waals surface area contributed by atoms with Crippen LogP contribution in [0.25, 0.3) is 0 Å². The van der Waals surface area contributed by atoms with Crippen LogP contribution in [0.3, 0.4) is 0 Å². The summed E-state index contributed by atoms with van der Waals surface area (Å²) in [6, 6.07) is 5.40. The fourth-order valence-electron chi connectivity index (χ4n) is 2.35. The van der Waals surface area contributed by atoms with Crippen LogP contribution in [-0.4, -0.2) is 99.3 Å². The Balaban J connectivity index is 2.78. The van der Waals surface area contributed by atoms with E-state index in [1.54, 1.807) is 0 Å². The van der Waals surface area contributed by atoms with Gasteiger partial charge in [-0.05, 0) is 12.1 Å². The maximum Gasteiger partial charge on any atom is 0.339 e. The zero-order chi connectivity index (χ0) is 22.0. The highest BCUT2D eigenvalue weighted by atomic mass is 16.5. The Bertz CT molecular complexity index is 763. The van der Waals surface area contributed by atoms with Gasteiger partial charge in [0.25, 0.3) is 0 Å². The van der Waals surface area contributed by atoms with Gasteiger partial charge in [-0.25, -0.2) is 4.79 Å². The van der Waals surface area contributed by atoms with Crippen molar-refractivity contribution in [1.82, 2.24) is 9.80 Å². The first kappa shape index (κ1) is 23.5. The van der Waals surface area contributed by atoms with Gasteiger partial charge >= 0.3 is 29.8 Å². The lowest BCUT2D eigenvalue weighted by molar-refractivity contribution is -0.144. The van der Waals surface area contributed by atoms with Crippen LogP contribution in [0.4, 0.5) is 0 Å². The number of benzene rings is 1. The molecule has 1 aromatic carbocycles. The molecule has 0 saturated carbocycles. The van der Waals surface area contributed by atoms with E-state index in [9.17, 15) is 24.0 Å². The van der Waals surface area contributed by atoms with Crippen LogP contribution >= 0.6 is 0 Å². The molecule has 0 spiro atoms. The van der Waals surface area contributed by atoms with Crippen molar-refractivity contribution in [1.29, 1.82) is 0 Å². The highest BCUT2D eigenvalue weighted by molar-refractivity contribution is 5.92. The number of hydrogen-bond donors (Lipinski definition) is 4. The zero-order valence-electron chi connectivity index (χ0n) is 15.2. The van der Waals surface area contributed by atoms with Crippen molar-refractivity contribution in [2.45, 2.75) is 0 Å². The van der Waals surface area contributed by atoms with Crippen LogP contribution in [0.2, 0.25) is 0 Å². The molecule has 4 N–H and O–H groups in total. The minimum atomic E-state index is -1.31. The number of carboxylic acids is 4. The number of hydrogen-bond acceptors (Lipinski definition) is 8. The molecule has 0 bridgehead atoms.